The first-order valence-electron chi connectivity index (χ1n) is 7.28. The van der Waals surface area contributed by atoms with Gasteiger partial charge in [-0.3, -0.25) is 9.56 Å². The highest BCUT2D eigenvalue weighted by Gasteiger charge is 2.10. The quantitative estimate of drug-likeness (QED) is 0.391. The lowest BCUT2D eigenvalue weighted by molar-refractivity contribution is 0.135. The van der Waals surface area contributed by atoms with Crippen LogP contribution in [0.3, 0.4) is 0 Å². The molecule has 22 heavy (non-hydrogen) atoms. The molecule has 0 amide bonds. The molecule has 1 aromatic carbocycles. The molecule has 5 nitrogen and oxygen atoms in total. The van der Waals surface area contributed by atoms with Gasteiger partial charge in [-0.05, 0) is 43.4 Å². The number of ether oxygens (including phenoxy) is 1. The molecule has 0 aliphatic rings. The number of nitrogens with zero attached hydrogens (tertiary/aromatic N) is 1. The van der Waals surface area contributed by atoms with Crippen molar-refractivity contribution in [3.05, 3.63) is 42.0 Å². The minimum absolute atomic E-state index is 0.0772. The van der Waals surface area contributed by atoms with Crippen LogP contribution in [0.2, 0.25) is 0 Å². The fraction of sp³-hybridized carbons (Fsp3) is 0.438. The molecule has 122 valence electrons. The van der Waals surface area contributed by atoms with Crippen molar-refractivity contribution < 1.29 is 19.1 Å². The minimum Gasteiger partial charge on any atom is -0.381 e. The maximum absolute atomic E-state index is 10.6. The first-order valence-corrected chi connectivity index (χ1v) is 9.08. The summed E-state index contributed by atoms with van der Waals surface area (Å²) in [5, 5.41) is 0. The molecule has 0 heterocycles. The average molecular weight is 325 g/mol. The van der Waals surface area contributed by atoms with Crippen LogP contribution in [0.4, 0.5) is 5.69 Å². The van der Waals surface area contributed by atoms with Gasteiger partial charge in [-0.2, -0.15) is 0 Å². The standard InChI is InChI=1S/C16H24NO4P/c1-14(13-17-16-8-4-3-7-15(16)2)9-11-21-10-5-6-12-22(18,19)20/h3-4,7-8,13H,1,5-6,9-12H2,2H3,(H2,18,19,20)/b17-13-. The van der Waals surface area contributed by atoms with Gasteiger partial charge >= 0.3 is 7.60 Å². The molecule has 1 rings (SSSR count). The van der Waals surface area contributed by atoms with E-state index in [0.29, 0.717) is 32.5 Å². The number of para-hydroxylation sites is 1. The van der Waals surface area contributed by atoms with Crippen molar-refractivity contribution in [2.45, 2.75) is 26.2 Å². The summed E-state index contributed by atoms with van der Waals surface area (Å²) in [6.07, 6.45) is 3.48. The Bertz CT molecular complexity index is 551. The van der Waals surface area contributed by atoms with E-state index in [1.165, 1.54) is 0 Å². The minimum atomic E-state index is -3.87. The fourth-order valence-electron chi connectivity index (χ4n) is 1.76. The van der Waals surface area contributed by atoms with E-state index in [1.54, 1.807) is 6.21 Å². The van der Waals surface area contributed by atoms with Crippen molar-refractivity contribution in [2.24, 2.45) is 4.99 Å². The lowest BCUT2D eigenvalue weighted by atomic mass is 10.2. The summed E-state index contributed by atoms with van der Waals surface area (Å²) < 4.78 is 16.1. The third kappa shape index (κ3) is 8.90. The second kappa shape index (κ2) is 9.70. The van der Waals surface area contributed by atoms with Crippen LogP contribution in [0.1, 0.15) is 24.8 Å². The largest absolute Gasteiger partial charge is 0.381 e. The first-order chi connectivity index (χ1) is 10.4. The van der Waals surface area contributed by atoms with Gasteiger partial charge in [0.2, 0.25) is 0 Å². The number of rotatable bonds is 10. The third-order valence-corrected chi connectivity index (χ3v) is 3.96. The molecule has 0 aliphatic carbocycles. The summed E-state index contributed by atoms with van der Waals surface area (Å²) in [6, 6.07) is 7.89. The van der Waals surface area contributed by atoms with E-state index >= 15 is 0 Å². The smallest absolute Gasteiger partial charge is 0.325 e. The van der Waals surface area contributed by atoms with Gasteiger partial charge in [0.1, 0.15) is 0 Å². The van der Waals surface area contributed by atoms with E-state index in [4.69, 9.17) is 14.5 Å². The van der Waals surface area contributed by atoms with E-state index < -0.39 is 7.60 Å². The lowest BCUT2D eigenvalue weighted by Gasteiger charge is -2.05. The third-order valence-electron chi connectivity index (χ3n) is 3.06. The molecule has 2 N–H and O–H groups in total. The van der Waals surface area contributed by atoms with Crippen LogP contribution >= 0.6 is 7.60 Å². The summed E-state index contributed by atoms with van der Waals surface area (Å²) in [4.78, 5) is 21.8. The molecule has 0 bridgehead atoms. The Balaban J connectivity index is 2.14. The number of unbranched alkanes of at least 4 members (excludes halogenated alkanes) is 1. The van der Waals surface area contributed by atoms with Gasteiger partial charge in [0, 0.05) is 19.0 Å². The zero-order valence-corrected chi connectivity index (χ0v) is 13.8. The number of benzene rings is 1. The monoisotopic (exact) mass is 325 g/mol. The molecule has 1 aromatic rings. The van der Waals surface area contributed by atoms with Crippen molar-refractivity contribution in [3.8, 4) is 0 Å². The molecule has 0 saturated heterocycles. The van der Waals surface area contributed by atoms with Gasteiger partial charge in [-0.1, -0.05) is 24.8 Å². The van der Waals surface area contributed by atoms with Crippen molar-refractivity contribution in [1.29, 1.82) is 0 Å². The number of aryl methyl sites for hydroxylation is 1. The van der Waals surface area contributed by atoms with E-state index in [9.17, 15) is 4.57 Å². The summed E-state index contributed by atoms with van der Waals surface area (Å²) in [5.41, 5.74) is 2.94. The lowest BCUT2D eigenvalue weighted by Crippen LogP contribution is -2.00. The molecule has 0 aromatic heterocycles. The van der Waals surface area contributed by atoms with Crippen molar-refractivity contribution in [3.63, 3.8) is 0 Å². The summed E-state index contributed by atoms with van der Waals surface area (Å²) in [6.45, 7) is 6.98. The zero-order valence-electron chi connectivity index (χ0n) is 12.9. The fourth-order valence-corrected chi connectivity index (χ4v) is 2.40. The highest BCUT2D eigenvalue weighted by Crippen LogP contribution is 2.35. The Kier molecular flexibility index (Phi) is 8.28. The van der Waals surface area contributed by atoms with Crippen LogP contribution in [0.5, 0.6) is 0 Å². The molecule has 6 heteroatoms. The van der Waals surface area contributed by atoms with Gasteiger partial charge in [-0.15, -0.1) is 0 Å². The van der Waals surface area contributed by atoms with Crippen molar-refractivity contribution in [2.75, 3.05) is 19.4 Å². The molecule has 0 unspecified atom stereocenters. The topological polar surface area (TPSA) is 79.1 Å². The molecular weight excluding hydrogens is 301 g/mol. The Morgan fingerprint density at radius 2 is 2.05 bits per heavy atom. The van der Waals surface area contributed by atoms with Crippen LogP contribution in [0, 0.1) is 6.92 Å². The molecule has 0 aliphatic heterocycles. The maximum Gasteiger partial charge on any atom is 0.325 e. The van der Waals surface area contributed by atoms with E-state index in [0.717, 1.165) is 16.8 Å². The molecule has 0 saturated carbocycles. The van der Waals surface area contributed by atoms with Crippen LogP contribution in [0.15, 0.2) is 41.4 Å². The second-order valence-corrected chi connectivity index (χ2v) is 6.94. The normalized spacial score (nSPS) is 12.0. The van der Waals surface area contributed by atoms with E-state index in [2.05, 4.69) is 11.6 Å². The average Bonchev–Trinajstić information content (AvgIpc) is 2.44. The molecule has 0 fully saturated rings. The predicted octanol–water partition coefficient (Wildman–Crippen LogP) is 3.62. The van der Waals surface area contributed by atoms with Gasteiger partial charge in [-0.25, -0.2) is 0 Å². The van der Waals surface area contributed by atoms with Crippen LogP contribution in [-0.4, -0.2) is 35.4 Å². The predicted molar refractivity (Wildman–Crippen MR) is 90.1 cm³/mol. The second-order valence-electron chi connectivity index (χ2n) is 5.16. The van der Waals surface area contributed by atoms with E-state index in [-0.39, 0.29) is 6.16 Å². The van der Waals surface area contributed by atoms with Gasteiger partial charge in [0.05, 0.1) is 12.3 Å². The van der Waals surface area contributed by atoms with Crippen LogP contribution < -0.4 is 0 Å². The highest BCUT2D eigenvalue weighted by molar-refractivity contribution is 7.51. The van der Waals surface area contributed by atoms with E-state index in [1.807, 2.05) is 31.2 Å². The Hall–Kier alpha value is -1.26. The molecule has 0 radical (unpaired) electrons. The SMILES string of the molecule is C=C(/C=N\c1ccccc1C)CCOCCCCP(=O)(O)O. The number of hydrogen-bond donors (Lipinski definition) is 2. The van der Waals surface area contributed by atoms with Crippen LogP contribution in [0.25, 0.3) is 0 Å². The zero-order chi connectivity index (χ0) is 16.4. The molecule has 0 spiro atoms. The highest BCUT2D eigenvalue weighted by atomic mass is 31.2. The van der Waals surface area contributed by atoms with Crippen molar-refractivity contribution in [1.82, 2.24) is 0 Å². The Labute approximate surface area is 131 Å². The first kappa shape index (κ1) is 18.8. The summed E-state index contributed by atoms with van der Waals surface area (Å²) in [7, 11) is -3.87. The van der Waals surface area contributed by atoms with Gasteiger partial charge in [0.25, 0.3) is 0 Å². The van der Waals surface area contributed by atoms with Gasteiger partial charge < -0.3 is 14.5 Å². The summed E-state index contributed by atoms with van der Waals surface area (Å²) in [5.74, 6) is 0. The maximum atomic E-state index is 10.6. The molecular formula is C16H24NO4P. The van der Waals surface area contributed by atoms with Crippen molar-refractivity contribution >= 4 is 19.5 Å². The number of hydrogen-bond acceptors (Lipinski definition) is 3. The Morgan fingerprint density at radius 1 is 1.32 bits per heavy atom. The van der Waals surface area contributed by atoms with Crippen LogP contribution in [-0.2, 0) is 9.30 Å². The van der Waals surface area contributed by atoms with Gasteiger partial charge in [0.15, 0.2) is 0 Å². The molecule has 0 atom stereocenters. The summed E-state index contributed by atoms with van der Waals surface area (Å²) >= 11 is 0. The Morgan fingerprint density at radius 3 is 2.73 bits per heavy atom. The number of aliphatic imine (C=N–C) groups is 1.